The average molecular weight is 246 g/mol. The summed E-state index contributed by atoms with van der Waals surface area (Å²) in [6.07, 6.45) is 3.20. The van der Waals surface area contributed by atoms with Crippen LogP contribution in [0.2, 0.25) is 0 Å². The van der Waals surface area contributed by atoms with Crippen molar-refractivity contribution in [2.24, 2.45) is 0 Å². The van der Waals surface area contributed by atoms with Gasteiger partial charge < -0.3 is 9.80 Å². The molecule has 0 aromatic heterocycles. The number of carbonyl (C=O) groups is 2. The summed E-state index contributed by atoms with van der Waals surface area (Å²) in [7, 11) is 7.09. The van der Waals surface area contributed by atoms with Gasteiger partial charge in [0.1, 0.15) is 0 Å². The quantitative estimate of drug-likeness (QED) is 0.599. The Labute approximate surface area is 108 Å². The third kappa shape index (κ3) is 3.73. The van der Waals surface area contributed by atoms with Crippen molar-refractivity contribution in [2.75, 3.05) is 28.2 Å². The van der Waals surface area contributed by atoms with E-state index in [1.165, 1.54) is 11.0 Å². The van der Waals surface area contributed by atoms with E-state index in [0.717, 1.165) is 0 Å². The number of benzene rings is 1. The highest BCUT2D eigenvalue weighted by Crippen LogP contribution is 2.07. The predicted octanol–water partition coefficient (Wildman–Crippen LogP) is 1.65. The largest absolute Gasteiger partial charge is 0.383 e. The molecule has 18 heavy (non-hydrogen) atoms. The van der Waals surface area contributed by atoms with Crippen LogP contribution < -0.4 is 0 Å². The first-order valence-corrected chi connectivity index (χ1v) is 5.62. The zero-order chi connectivity index (χ0) is 13.7. The van der Waals surface area contributed by atoms with Crippen molar-refractivity contribution >= 4 is 11.7 Å². The Morgan fingerprint density at radius 3 is 1.89 bits per heavy atom. The number of allylic oxidation sites excluding steroid dienone is 1. The lowest BCUT2D eigenvalue weighted by Gasteiger charge is -2.10. The van der Waals surface area contributed by atoms with Crippen LogP contribution in [-0.2, 0) is 0 Å². The van der Waals surface area contributed by atoms with E-state index in [-0.39, 0.29) is 11.7 Å². The van der Waals surface area contributed by atoms with Crippen molar-refractivity contribution in [3.05, 3.63) is 47.7 Å². The highest BCUT2D eigenvalue weighted by molar-refractivity contribution is 6.05. The van der Waals surface area contributed by atoms with Gasteiger partial charge in [-0.05, 0) is 12.1 Å². The average Bonchev–Trinajstić information content (AvgIpc) is 2.35. The number of ketones is 1. The van der Waals surface area contributed by atoms with Crippen LogP contribution in [0.4, 0.5) is 0 Å². The fourth-order valence-electron chi connectivity index (χ4n) is 1.35. The molecule has 0 unspecified atom stereocenters. The predicted molar refractivity (Wildman–Crippen MR) is 71.6 cm³/mol. The first kappa shape index (κ1) is 14.0. The van der Waals surface area contributed by atoms with E-state index in [2.05, 4.69) is 0 Å². The third-order valence-electron chi connectivity index (χ3n) is 2.35. The van der Waals surface area contributed by atoms with Crippen molar-refractivity contribution in [3.63, 3.8) is 0 Å². The first-order valence-electron chi connectivity index (χ1n) is 5.62. The molecule has 0 saturated carbocycles. The Hall–Kier alpha value is -2.10. The molecular formula is C14H18N2O2. The number of hydrogen-bond donors (Lipinski definition) is 0. The van der Waals surface area contributed by atoms with E-state index in [9.17, 15) is 9.59 Å². The van der Waals surface area contributed by atoms with E-state index in [0.29, 0.717) is 11.1 Å². The van der Waals surface area contributed by atoms with Crippen molar-refractivity contribution in [1.82, 2.24) is 9.80 Å². The summed E-state index contributed by atoms with van der Waals surface area (Å²) in [4.78, 5) is 26.7. The second-order valence-electron chi connectivity index (χ2n) is 4.42. The lowest BCUT2D eigenvalue weighted by Crippen LogP contribution is -2.21. The molecule has 0 N–H and O–H groups in total. The van der Waals surface area contributed by atoms with Gasteiger partial charge in [0.15, 0.2) is 5.78 Å². The van der Waals surface area contributed by atoms with Gasteiger partial charge in [-0.3, -0.25) is 9.59 Å². The summed E-state index contributed by atoms with van der Waals surface area (Å²) >= 11 is 0. The molecule has 0 bridgehead atoms. The molecule has 0 aliphatic rings. The Bertz CT molecular complexity index is 459. The van der Waals surface area contributed by atoms with Gasteiger partial charge in [0.05, 0.1) is 0 Å². The molecule has 0 aliphatic heterocycles. The van der Waals surface area contributed by atoms with Crippen LogP contribution in [0.1, 0.15) is 20.7 Å². The Morgan fingerprint density at radius 1 is 0.944 bits per heavy atom. The van der Waals surface area contributed by atoms with Crippen LogP contribution in [0.5, 0.6) is 0 Å². The summed E-state index contributed by atoms with van der Waals surface area (Å²) in [5.74, 6) is -0.148. The van der Waals surface area contributed by atoms with Gasteiger partial charge >= 0.3 is 0 Å². The zero-order valence-electron chi connectivity index (χ0n) is 11.2. The van der Waals surface area contributed by atoms with Crippen LogP contribution in [-0.4, -0.2) is 49.7 Å². The minimum absolute atomic E-state index is 0.0715. The molecule has 0 aliphatic carbocycles. The highest BCUT2D eigenvalue weighted by Gasteiger charge is 2.08. The number of carbonyl (C=O) groups excluding carboxylic acids is 2. The van der Waals surface area contributed by atoms with E-state index in [1.54, 1.807) is 49.5 Å². The minimum Gasteiger partial charge on any atom is -0.383 e. The maximum atomic E-state index is 11.8. The third-order valence-corrected chi connectivity index (χ3v) is 2.35. The van der Waals surface area contributed by atoms with Gasteiger partial charge in [-0.1, -0.05) is 12.1 Å². The molecule has 96 valence electrons. The molecule has 1 rings (SSSR count). The number of rotatable bonds is 4. The van der Waals surface area contributed by atoms with Crippen molar-refractivity contribution in [3.8, 4) is 0 Å². The lowest BCUT2D eigenvalue weighted by atomic mass is 10.1. The molecule has 0 fully saturated rings. The van der Waals surface area contributed by atoms with E-state index < -0.39 is 0 Å². The topological polar surface area (TPSA) is 40.6 Å². The Morgan fingerprint density at radius 2 is 1.44 bits per heavy atom. The van der Waals surface area contributed by atoms with Crippen LogP contribution in [0.25, 0.3) is 0 Å². The normalized spacial score (nSPS) is 10.4. The monoisotopic (exact) mass is 246 g/mol. The lowest BCUT2D eigenvalue weighted by molar-refractivity contribution is 0.0827. The van der Waals surface area contributed by atoms with E-state index >= 15 is 0 Å². The maximum Gasteiger partial charge on any atom is 0.253 e. The second-order valence-corrected chi connectivity index (χ2v) is 4.42. The molecule has 1 amide bonds. The van der Waals surface area contributed by atoms with Crippen LogP contribution in [0.15, 0.2) is 36.5 Å². The van der Waals surface area contributed by atoms with Crippen molar-refractivity contribution in [1.29, 1.82) is 0 Å². The maximum absolute atomic E-state index is 11.8. The van der Waals surface area contributed by atoms with Crippen molar-refractivity contribution < 1.29 is 9.59 Å². The van der Waals surface area contributed by atoms with Crippen LogP contribution in [0, 0.1) is 0 Å². The molecule has 4 heteroatoms. The summed E-state index contributed by atoms with van der Waals surface area (Å²) in [5.41, 5.74) is 1.15. The molecular weight excluding hydrogens is 228 g/mol. The Kier molecular flexibility index (Phi) is 4.66. The molecule has 0 spiro atoms. The number of nitrogens with zero attached hydrogens (tertiary/aromatic N) is 2. The van der Waals surface area contributed by atoms with Gasteiger partial charge in [0.25, 0.3) is 5.91 Å². The zero-order valence-corrected chi connectivity index (χ0v) is 11.2. The van der Waals surface area contributed by atoms with Gasteiger partial charge in [0.2, 0.25) is 0 Å². The van der Waals surface area contributed by atoms with E-state index in [4.69, 9.17) is 0 Å². The molecule has 4 nitrogen and oxygen atoms in total. The molecule has 1 aromatic rings. The highest BCUT2D eigenvalue weighted by atomic mass is 16.2. The van der Waals surface area contributed by atoms with Crippen LogP contribution >= 0.6 is 0 Å². The molecule has 0 saturated heterocycles. The molecule has 1 aromatic carbocycles. The van der Waals surface area contributed by atoms with Gasteiger partial charge in [-0.2, -0.15) is 0 Å². The standard InChI is InChI=1S/C14H18N2O2/c1-15(2)10-9-13(17)11-5-7-12(8-6-11)14(18)16(3)4/h5-10H,1-4H3/b10-9+. The number of amides is 1. The number of hydrogen-bond acceptors (Lipinski definition) is 3. The molecule has 0 radical (unpaired) electrons. The molecule has 0 atom stereocenters. The summed E-state index contributed by atoms with van der Waals surface area (Å²) < 4.78 is 0. The van der Waals surface area contributed by atoms with Crippen molar-refractivity contribution in [2.45, 2.75) is 0 Å². The fraction of sp³-hybridized carbons (Fsp3) is 0.286. The minimum atomic E-state index is -0.0763. The summed E-state index contributed by atoms with van der Waals surface area (Å²) in [6.45, 7) is 0. The van der Waals surface area contributed by atoms with Crippen LogP contribution in [0.3, 0.4) is 0 Å². The molecule has 0 heterocycles. The fourth-order valence-corrected chi connectivity index (χ4v) is 1.35. The van der Waals surface area contributed by atoms with Gasteiger partial charge in [-0.25, -0.2) is 0 Å². The van der Waals surface area contributed by atoms with Gasteiger partial charge in [0, 0.05) is 51.6 Å². The Balaban J connectivity index is 2.83. The SMILES string of the molecule is CN(C)/C=C/C(=O)c1ccc(C(=O)N(C)C)cc1. The second kappa shape index (κ2) is 6.00. The smallest absolute Gasteiger partial charge is 0.253 e. The summed E-state index contributed by atoms with van der Waals surface area (Å²) in [6, 6.07) is 6.66. The van der Waals surface area contributed by atoms with E-state index in [1.807, 2.05) is 14.1 Å². The first-order chi connectivity index (χ1) is 8.41. The summed E-state index contributed by atoms with van der Waals surface area (Å²) in [5, 5.41) is 0. The van der Waals surface area contributed by atoms with Gasteiger partial charge in [-0.15, -0.1) is 0 Å².